The highest BCUT2D eigenvalue weighted by molar-refractivity contribution is 5.62. The molecule has 0 aliphatic heterocycles. The Balaban J connectivity index is 2.46. The molecule has 0 heteroatoms. The summed E-state index contributed by atoms with van der Waals surface area (Å²) >= 11 is 0. The van der Waals surface area contributed by atoms with Crippen LogP contribution in [-0.4, -0.2) is 0 Å². The van der Waals surface area contributed by atoms with Crippen molar-refractivity contribution in [2.24, 2.45) is 5.41 Å². The van der Waals surface area contributed by atoms with Crippen molar-refractivity contribution in [3.05, 3.63) is 47.5 Å². The lowest BCUT2D eigenvalue weighted by Crippen LogP contribution is -2.15. The number of allylic oxidation sites excluding steroid dienone is 1. The maximum Gasteiger partial charge on any atom is -0.0131 e. The van der Waals surface area contributed by atoms with E-state index in [1.807, 2.05) is 6.08 Å². The molecule has 2 rings (SSSR count). The van der Waals surface area contributed by atoms with Gasteiger partial charge in [-0.2, -0.15) is 0 Å². The summed E-state index contributed by atoms with van der Waals surface area (Å²) in [5.41, 5.74) is 4.31. The SMILES string of the molecule is C=Cc1ccc2c(c1)C=CC(C)(C)C2. The third kappa shape index (κ3) is 1.65. The Morgan fingerprint density at radius 3 is 2.86 bits per heavy atom. The highest BCUT2D eigenvalue weighted by Gasteiger charge is 2.19. The summed E-state index contributed by atoms with van der Waals surface area (Å²) in [6.45, 7) is 8.33. The zero-order valence-electron chi connectivity index (χ0n) is 8.88. The van der Waals surface area contributed by atoms with Gasteiger partial charge in [0.2, 0.25) is 0 Å². The van der Waals surface area contributed by atoms with E-state index in [0.29, 0.717) is 5.41 Å². The first kappa shape index (κ1) is 9.26. The third-order valence-corrected chi connectivity index (χ3v) is 2.77. The van der Waals surface area contributed by atoms with Gasteiger partial charge < -0.3 is 0 Å². The molecule has 0 amide bonds. The van der Waals surface area contributed by atoms with Gasteiger partial charge in [-0.25, -0.2) is 0 Å². The van der Waals surface area contributed by atoms with E-state index >= 15 is 0 Å². The van der Waals surface area contributed by atoms with Crippen LogP contribution in [0.5, 0.6) is 0 Å². The van der Waals surface area contributed by atoms with E-state index in [0.717, 1.165) is 6.42 Å². The first-order valence-electron chi connectivity index (χ1n) is 5.05. The molecule has 0 N–H and O–H groups in total. The molecule has 0 radical (unpaired) electrons. The largest absolute Gasteiger partial charge is 0.0985 e. The highest BCUT2D eigenvalue weighted by atomic mass is 14.2. The second-order valence-electron chi connectivity index (χ2n) is 4.66. The van der Waals surface area contributed by atoms with Crippen LogP contribution in [0, 0.1) is 5.41 Å². The van der Waals surface area contributed by atoms with E-state index in [1.54, 1.807) is 0 Å². The Hall–Kier alpha value is -1.30. The Bertz CT molecular complexity index is 394. The normalized spacial score (nSPS) is 17.6. The molecule has 0 nitrogen and oxygen atoms in total. The van der Waals surface area contributed by atoms with Crippen LogP contribution in [0.25, 0.3) is 12.2 Å². The molecule has 72 valence electrons. The molecule has 0 fully saturated rings. The van der Waals surface area contributed by atoms with Crippen molar-refractivity contribution in [2.45, 2.75) is 20.3 Å². The average Bonchev–Trinajstić information content (AvgIpc) is 2.16. The molecule has 0 bridgehead atoms. The lowest BCUT2D eigenvalue weighted by molar-refractivity contribution is 0.475. The van der Waals surface area contributed by atoms with Gasteiger partial charge in [-0.05, 0) is 34.6 Å². The van der Waals surface area contributed by atoms with Gasteiger partial charge in [0, 0.05) is 0 Å². The maximum absolute atomic E-state index is 3.78. The number of fused-ring (bicyclic) bond motifs is 1. The summed E-state index contributed by atoms with van der Waals surface area (Å²) in [4.78, 5) is 0. The van der Waals surface area contributed by atoms with Gasteiger partial charge in [-0.15, -0.1) is 0 Å². The van der Waals surface area contributed by atoms with Crippen molar-refractivity contribution in [2.75, 3.05) is 0 Å². The fourth-order valence-corrected chi connectivity index (χ4v) is 1.92. The number of benzene rings is 1. The smallest absolute Gasteiger partial charge is 0.0131 e. The van der Waals surface area contributed by atoms with Crippen LogP contribution in [0.15, 0.2) is 30.9 Å². The van der Waals surface area contributed by atoms with E-state index in [-0.39, 0.29) is 0 Å². The quantitative estimate of drug-likeness (QED) is 0.620. The van der Waals surface area contributed by atoms with Crippen molar-refractivity contribution in [1.29, 1.82) is 0 Å². The van der Waals surface area contributed by atoms with Crippen LogP contribution >= 0.6 is 0 Å². The Labute approximate surface area is 86.0 Å². The van der Waals surface area contributed by atoms with E-state index < -0.39 is 0 Å². The third-order valence-electron chi connectivity index (χ3n) is 2.77. The number of hydrogen-bond donors (Lipinski definition) is 0. The molecule has 0 saturated heterocycles. The van der Waals surface area contributed by atoms with Crippen LogP contribution in [0.1, 0.15) is 30.5 Å². The topological polar surface area (TPSA) is 0 Å². The van der Waals surface area contributed by atoms with Gasteiger partial charge in [0.15, 0.2) is 0 Å². The van der Waals surface area contributed by atoms with Crippen molar-refractivity contribution in [3.8, 4) is 0 Å². The minimum atomic E-state index is 0.308. The molecule has 0 heterocycles. The van der Waals surface area contributed by atoms with Gasteiger partial charge in [0.05, 0.1) is 0 Å². The van der Waals surface area contributed by atoms with Crippen molar-refractivity contribution >= 4 is 12.2 Å². The fraction of sp³-hybridized carbons (Fsp3) is 0.286. The summed E-state index contributed by atoms with van der Waals surface area (Å²) in [6, 6.07) is 6.56. The number of rotatable bonds is 1. The van der Waals surface area contributed by atoms with Crippen LogP contribution in [0.3, 0.4) is 0 Å². The summed E-state index contributed by atoms with van der Waals surface area (Å²) in [5.74, 6) is 0. The molecule has 1 aliphatic carbocycles. The van der Waals surface area contributed by atoms with E-state index in [9.17, 15) is 0 Å². The molecule has 0 spiro atoms. The molecule has 1 aromatic rings. The molecule has 1 aliphatic rings. The van der Waals surface area contributed by atoms with Gasteiger partial charge in [-0.1, -0.05) is 50.8 Å². The minimum Gasteiger partial charge on any atom is -0.0985 e. The maximum atomic E-state index is 3.78. The molecule has 14 heavy (non-hydrogen) atoms. The lowest BCUT2D eigenvalue weighted by atomic mass is 9.79. The Kier molecular flexibility index (Phi) is 2.07. The van der Waals surface area contributed by atoms with Crippen molar-refractivity contribution in [1.82, 2.24) is 0 Å². The summed E-state index contributed by atoms with van der Waals surface area (Å²) in [5, 5.41) is 0. The van der Waals surface area contributed by atoms with Gasteiger partial charge in [0.25, 0.3) is 0 Å². The predicted molar refractivity (Wildman–Crippen MR) is 63.1 cm³/mol. The van der Waals surface area contributed by atoms with Gasteiger partial charge in [0.1, 0.15) is 0 Å². The zero-order valence-corrected chi connectivity index (χ0v) is 8.88. The van der Waals surface area contributed by atoms with Gasteiger partial charge >= 0.3 is 0 Å². The molecular weight excluding hydrogens is 168 g/mol. The fourth-order valence-electron chi connectivity index (χ4n) is 1.92. The second kappa shape index (κ2) is 3.13. The molecule has 0 saturated carbocycles. The molecule has 0 aromatic heterocycles. The zero-order chi connectivity index (χ0) is 10.2. The summed E-state index contributed by atoms with van der Waals surface area (Å²) in [6.07, 6.45) is 7.55. The first-order chi connectivity index (χ1) is 6.61. The molecular formula is C14H16. The standard InChI is InChI=1S/C14H16/c1-4-11-5-6-13-10-14(2,3)8-7-12(13)9-11/h4-9H,1,10H2,2-3H3. The highest BCUT2D eigenvalue weighted by Crippen LogP contribution is 2.32. The Morgan fingerprint density at radius 2 is 2.14 bits per heavy atom. The van der Waals surface area contributed by atoms with Crippen LogP contribution in [0.4, 0.5) is 0 Å². The minimum absolute atomic E-state index is 0.308. The summed E-state index contributed by atoms with van der Waals surface area (Å²) < 4.78 is 0. The predicted octanol–water partition coefficient (Wildman–Crippen LogP) is 3.93. The monoisotopic (exact) mass is 184 g/mol. The van der Waals surface area contributed by atoms with E-state index in [1.165, 1.54) is 16.7 Å². The van der Waals surface area contributed by atoms with Crippen LogP contribution < -0.4 is 0 Å². The molecule has 1 aromatic carbocycles. The van der Waals surface area contributed by atoms with Crippen LogP contribution in [-0.2, 0) is 6.42 Å². The lowest BCUT2D eigenvalue weighted by Gasteiger charge is -2.25. The van der Waals surface area contributed by atoms with Gasteiger partial charge in [-0.3, -0.25) is 0 Å². The second-order valence-corrected chi connectivity index (χ2v) is 4.66. The van der Waals surface area contributed by atoms with Crippen molar-refractivity contribution in [3.63, 3.8) is 0 Å². The average molecular weight is 184 g/mol. The summed E-state index contributed by atoms with van der Waals surface area (Å²) in [7, 11) is 0. The van der Waals surface area contributed by atoms with E-state index in [2.05, 4.69) is 50.8 Å². The first-order valence-corrected chi connectivity index (χ1v) is 5.05. The van der Waals surface area contributed by atoms with E-state index in [4.69, 9.17) is 0 Å². The molecule has 0 unspecified atom stereocenters. The van der Waals surface area contributed by atoms with Crippen molar-refractivity contribution < 1.29 is 0 Å². The molecule has 0 atom stereocenters. The Morgan fingerprint density at radius 1 is 1.36 bits per heavy atom. The number of hydrogen-bond acceptors (Lipinski definition) is 0. The van der Waals surface area contributed by atoms with Crippen LogP contribution in [0.2, 0.25) is 0 Å².